The van der Waals surface area contributed by atoms with Crippen LogP contribution in [0.25, 0.3) is 0 Å². The Labute approximate surface area is 115 Å². The number of carbonyl (C=O) groups excluding carboxylic acids is 1. The molecule has 1 unspecified atom stereocenters. The highest BCUT2D eigenvalue weighted by molar-refractivity contribution is 5.95. The third-order valence-electron chi connectivity index (χ3n) is 3.04. The number of aliphatic carboxylic acids is 1. The predicted octanol–water partition coefficient (Wildman–Crippen LogP) is 1.35. The molecule has 1 amide bonds. The molecule has 0 fully saturated rings. The number of hydrogen-bond donors (Lipinski definition) is 1. The topological polar surface area (TPSA) is 106 Å². The highest BCUT2D eigenvalue weighted by Gasteiger charge is 2.27. The lowest BCUT2D eigenvalue weighted by Gasteiger charge is -2.21. The standard InChI is InChI=1S/C12H17N3O5/c1-4-5-14-7-9(15(19)20)6-10(14)11(16)13(3)8(2)12(17)18/h6-8H,4-5H2,1-3H3,(H,17,18). The van der Waals surface area contributed by atoms with Gasteiger partial charge < -0.3 is 14.6 Å². The highest BCUT2D eigenvalue weighted by Crippen LogP contribution is 2.19. The molecule has 0 aliphatic carbocycles. The number of likely N-dealkylation sites (N-methyl/N-ethyl adjacent to an activating group) is 1. The summed E-state index contributed by atoms with van der Waals surface area (Å²) in [6.07, 6.45) is 1.99. The summed E-state index contributed by atoms with van der Waals surface area (Å²) in [5.74, 6) is -1.69. The van der Waals surface area contributed by atoms with Crippen molar-refractivity contribution in [1.82, 2.24) is 9.47 Å². The maximum atomic E-state index is 12.2. The fraction of sp³-hybridized carbons (Fsp3) is 0.500. The summed E-state index contributed by atoms with van der Waals surface area (Å²) < 4.78 is 1.48. The van der Waals surface area contributed by atoms with E-state index in [1.807, 2.05) is 6.92 Å². The average Bonchev–Trinajstić information content (AvgIpc) is 2.80. The van der Waals surface area contributed by atoms with Crippen LogP contribution in [0.5, 0.6) is 0 Å². The van der Waals surface area contributed by atoms with E-state index in [-0.39, 0.29) is 11.4 Å². The highest BCUT2D eigenvalue weighted by atomic mass is 16.6. The number of rotatable bonds is 6. The van der Waals surface area contributed by atoms with Crippen molar-refractivity contribution in [2.75, 3.05) is 7.05 Å². The number of amides is 1. The zero-order chi connectivity index (χ0) is 15.4. The molecule has 1 rings (SSSR count). The Morgan fingerprint density at radius 1 is 1.55 bits per heavy atom. The van der Waals surface area contributed by atoms with Gasteiger partial charge in [-0.3, -0.25) is 14.9 Å². The Morgan fingerprint density at radius 2 is 2.15 bits per heavy atom. The van der Waals surface area contributed by atoms with Gasteiger partial charge in [-0.25, -0.2) is 4.79 Å². The first-order valence-electron chi connectivity index (χ1n) is 6.14. The van der Waals surface area contributed by atoms with E-state index in [0.29, 0.717) is 13.0 Å². The van der Waals surface area contributed by atoms with Crippen LogP contribution in [0.3, 0.4) is 0 Å². The van der Waals surface area contributed by atoms with E-state index in [0.717, 1.165) is 4.90 Å². The van der Waals surface area contributed by atoms with Gasteiger partial charge >= 0.3 is 5.97 Å². The van der Waals surface area contributed by atoms with Crippen LogP contribution in [0.4, 0.5) is 5.69 Å². The molecule has 0 radical (unpaired) electrons. The van der Waals surface area contributed by atoms with Gasteiger partial charge in [-0.15, -0.1) is 0 Å². The number of nitrogens with zero attached hydrogens (tertiary/aromatic N) is 3. The Hall–Kier alpha value is -2.38. The monoisotopic (exact) mass is 283 g/mol. The fourth-order valence-electron chi connectivity index (χ4n) is 1.72. The second-order valence-corrected chi connectivity index (χ2v) is 4.46. The van der Waals surface area contributed by atoms with E-state index in [4.69, 9.17) is 5.11 Å². The Balaban J connectivity index is 3.13. The van der Waals surface area contributed by atoms with Crippen molar-refractivity contribution in [3.8, 4) is 0 Å². The molecule has 0 aliphatic rings. The van der Waals surface area contributed by atoms with Crippen LogP contribution < -0.4 is 0 Å². The van der Waals surface area contributed by atoms with E-state index in [9.17, 15) is 19.7 Å². The number of aromatic nitrogens is 1. The van der Waals surface area contributed by atoms with Gasteiger partial charge in [0.2, 0.25) is 0 Å². The van der Waals surface area contributed by atoms with Gasteiger partial charge in [0.1, 0.15) is 11.7 Å². The van der Waals surface area contributed by atoms with Crippen molar-refractivity contribution in [3.05, 3.63) is 28.1 Å². The molecule has 1 atom stereocenters. The Morgan fingerprint density at radius 3 is 2.60 bits per heavy atom. The molecule has 8 nitrogen and oxygen atoms in total. The van der Waals surface area contributed by atoms with Gasteiger partial charge in [-0.1, -0.05) is 6.92 Å². The molecule has 1 N–H and O–H groups in total. The normalized spacial score (nSPS) is 11.9. The number of nitro groups is 1. The van der Waals surface area contributed by atoms with Gasteiger partial charge in [0.25, 0.3) is 11.6 Å². The second-order valence-electron chi connectivity index (χ2n) is 4.46. The van der Waals surface area contributed by atoms with Crippen molar-refractivity contribution in [1.29, 1.82) is 0 Å². The molecule has 1 aromatic heterocycles. The molecule has 110 valence electrons. The third-order valence-corrected chi connectivity index (χ3v) is 3.04. The van der Waals surface area contributed by atoms with Crippen molar-refractivity contribution in [3.63, 3.8) is 0 Å². The fourth-order valence-corrected chi connectivity index (χ4v) is 1.72. The summed E-state index contributed by atoms with van der Waals surface area (Å²) in [6, 6.07) is 0.162. The molecular weight excluding hydrogens is 266 g/mol. The summed E-state index contributed by atoms with van der Waals surface area (Å²) >= 11 is 0. The van der Waals surface area contributed by atoms with Crippen LogP contribution in [0.15, 0.2) is 12.3 Å². The first-order chi connectivity index (χ1) is 9.29. The van der Waals surface area contributed by atoms with Gasteiger partial charge in [0.15, 0.2) is 0 Å². The van der Waals surface area contributed by atoms with Gasteiger partial charge in [-0.05, 0) is 13.3 Å². The van der Waals surface area contributed by atoms with Crippen molar-refractivity contribution in [2.24, 2.45) is 0 Å². The number of carboxylic acid groups (broad SMARTS) is 1. The summed E-state index contributed by atoms with van der Waals surface area (Å²) in [5.41, 5.74) is -0.0627. The molecule has 0 saturated heterocycles. The van der Waals surface area contributed by atoms with E-state index >= 15 is 0 Å². The quantitative estimate of drug-likeness (QED) is 0.626. The third kappa shape index (κ3) is 3.14. The molecule has 1 heterocycles. The van der Waals surface area contributed by atoms with Crippen LogP contribution in [-0.2, 0) is 11.3 Å². The molecular formula is C12H17N3O5. The first-order valence-corrected chi connectivity index (χ1v) is 6.14. The van der Waals surface area contributed by atoms with Crippen molar-refractivity contribution in [2.45, 2.75) is 32.9 Å². The Kier molecular flexibility index (Phi) is 4.84. The van der Waals surface area contributed by atoms with Crippen LogP contribution in [0.2, 0.25) is 0 Å². The van der Waals surface area contributed by atoms with Gasteiger partial charge in [0.05, 0.1) is 11.1 Å². The van der Waals surface area contributed by atoms with Crippen LogP contribution in [0, 0.1) is 10.1 Å². The molecule has 0 saturated carbocycles. The molecule has 0 aromatic carbocycles. The zero-order valence-corrected chi connectivity index (χ0v) is 11.6. The lowest BCUT2D eigenvalue weighted by Crippen LogP contribution is -2.41. The molecule has 0 aliphatic heterocycles. The summed E-state index contributed by atoms with van der Waals surface area (Å²) in [4.78, 5) is 34.4. The lowest BCUT2D eigenvalue weighted by atomic mass is 10.2. The van der Waals surface area contributed by atoms with Crippen LogP contribution in [0.1, 0.15) is 30.8 Å². The van der Waals surface area contributed by atoms with E-state index in [2.05, 4.69) is 0 Å². The van der Waals surface area contributed by atoms with Crippen molar-refractivity contribution < 1.29 is 19.6 Å². The minimum absolute atomic E-state index is 0.120. The largest absolute Gasteiger partial charge is 0.480 e. The van der Waals surface area contributed by atoms with Gasteiger partial charge in [0, 0.05) is 19.7 Å². The average molecular weight is 283 g/mol. The molecule has 0 bridgehead atoms. The van der Waals surface area contributed by atoms with E-state index in [1.54, 1.807) is 0 Å². The zero-order valence-electron chi connectivity index (χ0n) is 11.6. The summed E-state index contributed by atoms with van der Waals surface area (Å²) in [6.45, 7) is 3.70. The van der Waals surface area contributed by atoms with E-state index in [1.165, 1.54) is 30.8 Å². The number of hydrogen-bond acceptors (Lipinski definition) is 4. The molecule has 0 spiro atoms. The number of carboxylic acids is 1. The molecule has 1 aromatic rings. The first kappa shape index (κ1) is 15.7. The van der Waals surface area contributed by atoms with Crippen LogP contribution >= 0.6 is 0 Å². The molecule has 8 heteroatoms. The Bertz CT molecular complexity index is 537. The van der Waals surface area contributed by atoms with Gasteiger partial charge in [-0.2, -0.15) is 0 Å². The maximum absolute atomic E-state index is 12.2. The lowest BCUT2D eigenvalue weighted by molar-refractivity contribution is -0.384. The summed E-state index contributed by atoms with van der Waals surface area (Å²) in [7, 11) is 1.36. The minimum Gasteiger partial charge on any atom is -0.480 e. The predicted molar refractivity (Wildman–Crippen MR) is 70.6 cm³/mol. The smallest absolute Gasteiger partial charge is 0.326 e. The van der Waals surface area contributed by atoms with Crippen molar-refractivity contribution >= 4 is 17.6 Å². The second kappa shape index (κ2) is 6.18. The van der Waals surface area contributed by atoms with E-state index < -0.39 is 22.8 Å². The number of aryl methyl sites for hydroxylation is 1. The number of carbonyl (C=O) groups is 2. The maximum Gasteiger partial charge on any atom is 0.326 e. The van der Waals surface area contributed by atoms with Crippen LogP contribution in [-0.4, -0.2) is 44.5 Å². The summed E-state index contributed by atoms with van der Waals surface area (Å²) in [5, 5.41) is 19.7. The SMILES string of the molecule is CCCn1cc([N+](=O)[O-])cc1C(=O)N(C)C(C)C(=O)O. The minimum atomic E-state index is -1.14. The molecule has 20 heavy (non-hydrogen) atoms.